The summed E-state index contributed by atoms with van der Waals surface area (Å²) in [4.78, 5) is 24.9. The Hall–Kier alpha value is -2.10. The highest BCUT2D eigenvalue weighted by Gasteiger charge is 2.76. The van der Waals surface area contributed by atoms with Crippen molar-refractivity contribution in [2.45, 2.75) is 10.3 Å². The molecule has 3 aromatic rings. The zero-order chi connectivity index (χ0) is 26.4. The standard InChI is InChI=1S/C24H16BrCl4F2N3O2/c25-14-7-11(1-3-16(14)27)21-23(10-35,24(21,28)29)9-33-12-2-4-15(26)13(8-12)22(36)34-18-6-5-17(30)20(32)19(18)31/h1-8,10,21,33H,9,32H2,(H,34,36). The number of anilines is 3. The highest BCUT2D eigenvalue weighted by atomic mass is 79.9. The van der Waals surface area contributed by atoms with Crippen molar-refractivity contribution in [2.24, 2.45) is 5.41 Å². The molecule has 1 aliphatic rings. The van der Waals surface area contributed by atoms with Crippen molar-refractivity contribution < 1.29 is 18.4 Å². The van der Waals surface area contributed by atoms with Crippen molar-refractivity contribution >= 4 is 91.6 Å². The molecule has 0 radical (unpaired) electrons. The quantitative estimate of drug-likeness (QED) is 0.143. The van der Waals surface area contributed by atoms with E-state index in [9.17, 15) is 18.4 Å². The van der Waals surface area contributed by atoms with Crippen LogP contribution in [0.25, 0.3) is 0 Å². The normalized spacial score (nSPS) is 20.0. The Kier molecular flexibility index (Phi) is 7.48. The minimum atomic E-state index is -1.39. The lowest BCUT2D eigenvalue weighted by atomic mass is 10.00. The molecule has 2 unspecified atom stereocenters. The number of carbonyl (C=O) groups excluding carboxylic acids is 2. The summed E-state index contributed by atoms with van der Waals surface area (Å²) in [6.45, 7) is 0.0419. The SMILES string of the molecule is Nc1c(F)ccc(NC(=O)c2cc(NCC3(C=O)C(c4ccc(Cl)c(Br)c4)C3(Cl)Cl)ccc2Cl)c1F. The lowest BCUT2D eigenvalue weighted by Crippen LogP contribution is -2.23. The van der Waals surface area contributed by atoms with E-state index in [-0.39, 0.29) is 22.8 Å². The second kappa shape index (κ2) is 9.99. The number of nitrogen functional groups attached to an aromatic ring is 1. The van der Waals surface area contributed by atoms with Crippen LogP contribution in [0.1, 0.15) is 21.8 Å². The average molecular weight is 638 g/mol. The summed E-state index contributed by atoms with van der Waals surface area (Å²) in [5.74, 6) is -3.32. The molecule has 4 rings (SSSR count). The molecule has 0 heterocycles. The van der Waals surface area contributed by atoms with Gasteiger partial charge in [0.25, 0.3) is 5.91 Å². The van der Waals surface area contributed by atoms with Gasteiger partial charge in [0.15, 0.2) is 5.82 Å². The second-order valence-corrected chi connectivity index (χ2v) is 11.3. The number of amides is 1. The molecule has 36 heavy (non-hydrogen) atoms. The lowest BCUT2D eigenvalue weighted by Gasteiger charge is -2.15. The highest BCUT2D eigenvalue weighted by Crippen LogP contribution is 2.73. The molecule has 4 N–H and O–H groups in total. The monoisotopic (exact) mass is 635 g/mol. The van der Waals surface area contributed by atoms with E-state index in [0.717, 1.165) is 17.7 Å². The van der Waals surface area contributed by atoms with Crippen LogP contribution in [0.15, 0.2) is 53.0 Å². The summed E-state index contributed by atoms with van der Waals surface area (Å²) in [6, 6.07) is 11.6. The molecule has 188 valence electrons. The zero-order valence-corrected chi connectivity index (χ0v) is 22.6. The van der Waals surface area contributed by atoms with E-state index >= 15 is 0 Å². The largest absolute Gasteiger partial charge is 0.394 e. The fourth-order valence-electron chi connectivity index (χ4n) is 4.00. The molecule has 0 aliphatic heterocycles. The van der Waals surface area contributed by atoms with Crippen molar-refractivity contribution in [1.29, 1.82) is 0 Å². The second-order valence-electron chi connectivity index (χ2n) is 8.21. The maximum Gasteiger partial charge on any atom is 0.257 e. The summed E-state index contributed by atoms with van der Waals surface area (Å²) >= 11 is 28.7. The van der Waals surface area contributed by atoms with Gasteiger partial charge < -0.3 is 21.2 Å². The zero-order valence-electron chi connectivity index (χ0n) is 18.0. The number of carbonyl (C=O) groups is 2. The fourth-order valence-corrected chi connectivity index (χ4v) is 5.69. The van der Waals surface area contributed by atoms with Gasteiger partial charge in [-0.25, -0.2) is 8.78 Å². The third kappa shape index (κ3) is 4.65. The first-order valence-corrected chi connectivity index (χ1v) is 12.6. The van der Waals surface area contributed by atoms with Gasteiger partial charge in [0, 0.05) is 22.6 Å². The van der Waals surface area contributed by atoms with E-state index in [1.165, 1.54) is 12.1 Å². The molecule has 1 aliphatic carbocycles. The van der Waals surface area contributed by atoms with Gasteiger partial charge >= 0.3 is 0 Å². The average Bonchev–Trinajstić information content (AvgIpc) is 3.35. The molecule has 2 atom stereocenters. The van der Waals surface area contributed by atoms with Crippen molar-refractivity contribution in [3.63, 3.8) is 0 Å². The summed E-state index contributed by atoms with van der Waals surface area (Å²) in [6.07, 6.45) is 0.707. The number of alkyl halides is 2. The molecule has 0 bridgehead atoms. The number of hydrogen-bond donors (Lipinski definition) is 3. The molecule has 0 spiro atoms. The maximum absolute atomic E-state index is 14.2. The Morgan fingerprint density at radius 2 is 1.78 bits per heavy atom. The summed E-state index contributed by atoms with van der Waals surface area (Å²) < 4.78 is 26.9. The third-order valence-corrected chi connectivity index (χ3v) is 8.76. The third-order valence-electron chi connectivity index (χ3n) is 6.07. The van der Waals surface area contributed by atoms with Crippen LogP contribution in [0.2, 0.25) is 10.0 Å². The van der Waals surface area contributed by atoms with Crippen molar-refractivity contribution in [1.82, 2.24) is 0 Å². The minimum absolute atomic E-state index is 0.00102. The minimum Gasteiger partial charge on any atom is -0.394 e. The van der Waals surface area contributed by atoms with E-state index in [4.69, 9.17) is 52.1 Å². The number of nitrogens with one attached hydrogen (secondary N) is 2. The number of nitrogens with two attached hydrogens (primary N) is 1. The molecule has 0 aromatic heterocycles. The number of halogens is 7. The van der Waals surface area contributed by atoms with Crippen LogP contribution in [0.4, 0.5) is 25.8 Å². The molecule has 0 saturated heterocycles. The van der Waals surface area contributed by atoms with E-state index < -0.39 is 38.9 Å². The van der Waals surface area contributed by atoms with Gasteiger partial charge in [0.2, 0.25) is 0 Å². The van der Waals surface area contributed by atoms with E-state index in [1.807, 2.05) is 0 Å². The van der Waals surface area contributed by atoms with Gasteiger partial charge in [-0.15, -0.1) is 0 Å². The van der Waals surface area contributed by atoms with Gasteiger partial charge in [-0.3, -0.25) is 4.79 Å². The fraction of sp³-hybridized carbons (Fsp3) is 0.167. The summed E-state index contributed by atoms with van der Waals surface area (Å²) in [5.41, 5.74) is 4.31. The summed E-state index contributed by atoms with van der Waals surface area (Å²) in [7, 11) is 0. The van der Waals surface area contributed by atoms with Crippen LogP contribution in [-0.4, -0.2) is 23.1 Å². The topological polar surface area (TPSA) is 84.2 Å². The number of hydrogen-bond acceptors (Lipinski definition) is 4. The molecule has 1 amide bonds. The van der Waals surface area contributed by atoms with E-state index in [1.54, 1.807) is 24.3 Å². The number of rotatable bonds is 7. The molecular formula is C24H16BrCl4F2N3O2. The van der Waals surface area contributed by atoms with Crippen molar-refractivity contribution in [3.8, 4) is 0 Å². The Bertz CT molecular complexity index is 1390. The molecule has 5 nitrogen and oxygen atoms in total. The van der Waals surface area contributed by atoms with Crippen LogP contribution in [0.3, 0.4) is 0 Å². The highest BCUT2D eigenvalue weighted by molar-refractivity contribution is 9.10. The Morgan fingerprint density at radius 1 is 1.08 bits per heavy atom. The summed E-state index contributed by atoms with van der Waals surface area (Å²) in [5, 5.41) is 5.98. The first kappa shape index (κ1) is 26.9. The predicted molar refractivity (Wildman–Crippen MR) is 143 cm³/mol. The number of aldehydes is 1. The van der Waals surface area contributed by atoms with Crippen molar-refractivity contribution in [2.75, 3.05) is 22.9 Å². The van der Waals surface area contributed by atoms with E-state index in [2.05, 4.69) is 26.6 Å². The first-order valence-electron chi connectivity index (χ1n) is 10.3. The van der Waals surface area contributed by atoms with Crippen LogP contribution < -0.4 is 16.4 Å². The smallest absolute Gasteiger partial charge is 0.257 e. The molecule has 1 saturated carbocycles. The number of benzene rings is 3. The molecular weight excluding hydrogens is 622 g/mol. The molecule has 1 fully saturated rings. The Morgan fingerprint density at radius 3 is 2.44 bits per heavy atom. The molecule has 3 aromatic carbocycles. The van der Waals surface area contributed by atoms with Gasteiger partial charge in [0.05, 0.1) is 26.7 Å². The Labute approximate surface area is 233 Å². The van der Waals surface area contributed by atoms with Crippen LogP contribution in [0.5, 0.6) is 0 Å². The van der Waals surface area contributed by atoms with Crippen molar-refractivity contribution in [3.05, 3.63) is 85.8 Å². The Balaban J connectivity index is 1.54. The predicted octanol–water partition coefficient (Wildman–Crippen LogP) is 7.44. The van der Waals surface area contributed by atoms with Gasteiger partial charge in [-0.2, -0.15) is 0 Å². The first-order chi connectivity index (χ1) is 16.9. The van der Waals surface area contributed by atoms with E-state index in [0.29, 0.717) is 21.5 Å². The molecule has 12 heteroatoms. The van der Waals surface area contributed by atoms with Gasteiger partial charge in [-0.1, -0.05) is 52.5 Å². The lowest BCUT2D eigenvalue weighted by molar-refractivity contribution is -0.112. The van der Waals surface area contributed by atoms with Crippen LogP contribution in [0, 0.1) is 17.0 Å². The van der Waals surface area contributed by atoms with Crippen LogP contribution >= 0.6 is 62.3 Å². The van der Waals surface area contributed by atoms with Gasteiger partial charge in [0.1, 0.15) is 22.1 Å². The maximum atomic E-state index is 14.2. The van der Waals surface area contributed by atoms with Crippen LogP contribution in [-0.2, 0) is 4.79 Å². The van der Waals surface area contributed by atoms with Gasteiger partial charge in [-0.05, 0) is 64.0 Å².